The van der Waals surface area contributed by atoms with Gasteiger partial charge in [-0.05, 0) is 37.8 Å². The smallest absolute Gasteiger partial charge is 0.270 e. The molecule has 1 aromatic carbocycles. The number of benzene rings is 1. The Bertz CT molecular complexity index is 678. The molecule has 3 heteroatoms. The third kappa shape index (κ3) is 3.15. The van der Waals surface area contributed by atoms with Crippen LogP contribution in [0.25, 0.3) is 10.9 Å². The number of nitrogens with zero attached hydrogens (tertiary/aromatic N) is 2. The minimum Gasteiger partial charge on any atom is -0.337 e. The zero-order chi connectivity index (χ0) is 16.2. The van der Waals surface area contributed by atoms with Crippen molar-refractivity contribution in [3.63, 3.8) is 0 Å². The summed E-state index contributed by atoms with van der Waals surface area (Å²) in [5.41, 5.74) is 3.27. The molecule has 0 radical (unpaired) electrons. The van der Waals surface area contributed by atoms with Gasteiger partial charge in [0.15, 0.2) is 0 Å². The van der Waals surface area contributed by atoms with E-state index in [4.69, 9.17) is 0 Å². The average Bonchev–Trinajstić information content (AvgIpc) is 2.76. The minimum absolute atomic E-state index is 0.233. The van der Waals surface area contributed by atoms with Crippen LogP contribution < -0.4 is 0 Å². The third-order valence-electron chi connectivity index (χ3n) is 5.06. The first-order chi connectivity index (χ1) is 11.2. The Kier molecular flexibility index (Phi) is 5.04. The number of para-hydroxylation sites is 1. The summed E-state index contributed by atoms with van der Waals surface area (Å²) >= 11 is 0. The molecule has 0 atom stereocenters. The van der Waals surface area contributed by atoms with Crippen LogP contribution in [0, 0.1) is 6.92 Å². The van der Waals surface area contributed by atoms with Crippen molar-refractivity contribution in [2.45, 2.75) is 58.9 Å². The first kappa shape index (κ1) is 16.1. The lowest BCUT2D eigenvalue weighted by molar-refractivity contribution is 0.0750. The first-order valence-corrected chi connectivity index (χ1v) is 9.11. The van der Waals surface area contributed by atoms with E-state index in [1.807, 2.05) is 0 Å². The molecular weight excluding hydrogens is 284 g/mol. The summed E-state index contributed by atoms with van der Waals surface area (Å²) in [4.78, 5) is 15.3. The molecule has 0 N–H and O–H groups in total. The Morgan fingerprint density at radius 1 is 1.09 bits per heavy atom. The van der Waals surface area contributed by atoms with Crippen LogP contribution in [0.3, 0.4) is 0 Å². The number of hydrogen-bond acceptors (Lipinski definition) is 1. The molecular formula is C20H28N2O. The number of amides is 1. The van der Waals surface area contributed by atoms with E-state index in [2.05, 4.69) is 47.6 Å². The van der Waals surface area contributed by atoms with E-state index >= 15 is 0 Å². The molecule has 2 aromatic rings. The molecule has 0 spiro atoms. The Labute approximate surface area is 139 Å². The van der Waals surface area contributed by atoms with E-state index in [0.717, 1.165) is 56.6 Å². The van der Waals surface area contributed by atoms with Gasteiger partial charge in [0.2, 0.25) is 0 Å². The van der Waals surface area contributed by atoms with Crippen LogP contribution in [0.1, 0.15) is 61.5 Å². The van der Waals surface area contributed by atoms with Gasteiger partial charge in [0, 0.05) is 30.5 Å². The van der Waals surface area contributed by atoms with Gasteiger partial charge in [-0.15, -0.1) is 0 Å². The molecule has 1 aromatic heterocycles. The second-order valence-electron chi connectivity index (χ2n) is 6.70. The summed E-state index contributed by atoms with van der Waals surface area (Å²) in [6.45, 7) is 7.06. The number of hydrogen-bond donors (Lipinski definition) is 0. The van der Waals surface area contributed by atoms with Gasteiger partial charge in [-0.1, -0.05) is 44.4 Å². The van der Waals surface area contributed by atoms with Gasteiger partial charge in [-0.3, -0.25) is 4.79 Å². The van der Waals surface area contributed by atoms with Crippen molar-refractivity contribution in [3.8, 4) is 0 Å². The zero-order valence-electron chi connectivity index (χ0n) is 14.5. The molecule has 23 heavy (non-hydrogen) atoms. The van der Waals surface area contributed by atoms with Gasteiger partial charge >= 0.3 is 0 Å². The fourth-order valence-electron chi connectivity index (χ4n) is 3.72. The van der Waals surface area contributed by atoms with Crippen molar-refractivity contribution in [1.29, 1.82) is 0 Å². The zero-order valence-corrected chi connectivity index (χ0v) is 14.5. The lowest BCUT2D eigenvalue weighted by Gasteiger charge is -2.22. The van der Waals surface area contributed by atoms with Crippen LogP contribution in [0.2, 0.25) is 0 Å². The largest absolute Gasteiger partial charge is 0.337 e. The Morgan fingerprint density at radius 2 is 1.78 bits per heavy atom. The second-order valence-corrected chi connectivity index (χ2v) is 6.70. The summed E-state index contributed by atoms with van der Waals surface area (Å²) in [5.74, 6) is 0.233. The Balaban J connectivity index is 2.03. The van der Waals surface area contributed by atoms with Crippen molar-refractivity contribution in [2.75, 3.05) is 13.1 Å². The quantitative estimate of drug-likeness (QED) is 0.798. The SMILES string of the molecule is CCCCn1c(C(=O)N2CCCCCC2)c(C)c2ccccc21. The number of rotatable bonds is 4. The van der Waals surface area contributed by atoms with Crippen LogP contribution in [-0.4, -0.2) is 28.5 Å². The molecule has 3 nitrogen and oxygen atoms in total. The summed E-state index contributed by atoms with van der Waals surface area (Å²) in [7, 11) is 0. The third-order valence-corrected chi connectivity index (χ3v) is 5.06. The first-order valence-electron chi connectivity index (χ1n) is 9.11. The number of carbonyl (C=O) groups is 1. The topological polar surface area (TPSA) is 25.2 Å². The van der Waals surface area contributed by atoms with E-state index in [1.54, 1.807) is 0 Å². The standard InChI is InChI=1S/C20H28N2O/c1-3-4-15-22-18-12-8-7-11-17(18)16(2)19(22)20(23)21-13-9-5-6-10-14-21/h7-8,11-12H,3-6,9-10,13-15H2,1-2H3. The predicted octanol–water partition coefficient (Wildman–Crippen LogP) is 4.77. The number of carbonyl (C=O) groups excluding carboxylic acids is 1. The second kappa shape index (κ2) is 7.20. The van der Waals surface area contributed by atoms with E-state index in [-0.39, 0.29) is 5.91 Å². The predicted molar refractivity (Wildman–Crippen MR) is 96.0 cm³/mol. The number of fused-ring (bicyclic) bond motifs is 1. The molecule has 0 unspecified atom stereocenters. The molecule has 3 rings (SSSR count). The van der Waals surface area contributed by atoms with E-state index in [0.29, 0.717) is 0 Å². The summed E-state index contributed by atoms with van der Waals surface area (Å²) < 4.78 is 2.27. The molecule has 1 saturated heterocycles. The highest BCUT2D eigenvalue weighted by Gasteiger charge is 2.24. The van der Waals surface area contributed by atoms with E-state index in [1.165, 1.54) is 23.7 Å². The highest BCUT2D eigenvalue weighted by Crippen LogP contribution is 2.28. The highest BCUT2D eigenvalue weighted by molar-refractivity contribution is 6.01. The fraction of sp³-hybridized carbons (Fsp3) is 0.550. The Hall–Kier alpha value is -1.77. The van der Waals surface area contributed by atoms with Gasteiger partial charge < -0.3 is 9.47 Å². The maximum Gasteiger partial charge on any atom is 0.270 e. The van der Waals surface area contributed by atoms with Crippen LogP contribution in [0.5, 0.6) is 0 Å². The molecule has 0 aliphatic carbocycles. The lowest BCUT2D eigenvalue weighted by Crippen LogP contribution is -2.33. The molecule has 1 aliphatic rings. The Morgan fingerprint density at radius 3 is 2.48 bits per heavy atom. The van der Waals surface area contributed by atoms with Crippen LogP contribution in [-0.2, 0) is 6.54 Å². The van der Waals surface area contributed by atoms with Crippen molar-refractivity contribution < 1.29 is 4.79 Å². The van der Waals surface area contributed by atoms with Crippen LogP contribution in [0.4, 0.5) is 0 Å². The van der Waals surface area contributed by atoms with Gasteiger partial charge in [-0.25, -0.2) is 0 Å². The summed E-state index contributed by atoms with van der Waals surface area (Å²) in [6.07, 6.45) is 7.03. The molecule has 1 fully saturated rings. The lowest BCUT2D eigenvalue weighted by atomic mass is 10.1. The number of unbranched alkanes of at least 4 members (excludes halogenated alkanes) is 1. The summed E-state index contributed by atoms with van der Waals surface area (Å²) in [5, 5.41) is 1.22. The maximum absolute atomic E-state index is 13.2. The van der Waals surface area contributed by atoms with E-state index in [9.17, 15) is 4.79 Å². The molecule has 2 heterocycles. The highest BCUT2D eigenvalue weighted by atomic mass is 16.2. The number of aromatic nitrogens is 1. The number of likely N-dealkylation sites (tertiary alicyclic amines) is 1. The van der Waals surface area contributed by atoms with Crippen molar-refractivity contribution in [1.82, 2.24) is 9.47 Å². The van der Waals surface area contributed by atoms with Crippen molar-refractivity contribution in [3.05, 3.63) is 35.5 Å². The molecule has 124 valence electrons. The molecule has 0 bridgehead atoms. The van der Waals surface area contributed by atoms with Gasteiger partial charge in [0.05, 0.1) is 0 Å². The van der Waals surface area contributed by atoms with Gasteiger partial charge in [0.1, 0.15) is 5.69 Å². The molecule has 0 saturated carbocycles. The minimum atomic E-state index is 0.233. The van der Waals surface area contributed by atoms with Crippen LogP contribution in [0.15, 0.2) is 24.3 Å². The van der Waals surface area contributed by atoms with Crippen molar-refractivity contribution >= 4 is 16.8 Å². The maximum atomic E-state index is 13.2. The summed E-state index contributed by atoms with van der Waals surface area (Å²) in [6, 6.07) is 8.44. The van der Waals surface area contributed by atoms with E-state index < -0.39 is 0 Å². The monoisotopic (exact) mass is 312 g/mol. The fourth-order valence-corrected chi connectivity index (χ4v) is 3.72. The van der Waals surface area contributed by atoms with Gasteiger partial charge in [0.25, 0.3) is 5.91 Å². The van der Waals surface area contributed by atoms with Crippen LogP contribution >= 0.6 is 0 Å². The van der Waals surface area contributed by atoms with Gasteiger partial charge in [-0.2, -0.15) is 0 Å². The average molecular weight is 312 g/mol. The molecule has 1 amide bonds. The number of aryl methyl sites for hydroxylation is 2. The van der Waals surface area contributed by atoms with Crippen molar-refractivity contribution in [2.24, 2.45) is 0 Å². The normalized spacial score (nSPS) is 15.8. The molecule has 1 aliphatic heterocycles.